The molecule has 0 spiro atoms. The predicted molar refractivity (Wildman–Crippen MR) is 67.9 cm³/mol. The summed E-state index contributed by atoms with van der Waals surface area (Å²) in [5, 5.41) is 21.5. The molecular formula is C10H15N5O3S. The SMILES string of the molecule is O=C(O)CC1(NC(=O)Nc2nnns2)CCCCC1. The zero-order valence-corrected chi connectivity index (χ0v) is 11.1. The molecule has 1 aliphatic rings. The average molecular weight is 285 g/mol. The molecule has 2 rings (SSSR count). The van der Waals surface area contributed by atoms with Crippen molar-refractivity contribution in [1.82, 2.24) is 20.1 Å². The third-order valence-electron chi connectivity index (χ3n) is 3.20. The van der Waals surface area contributed by atoms with Gasteiger partial charge >= 0.3 is 12.0 Å². The van der Waals surface area contributed by atoms with E-state index in [0.29, 0.717) is 18.0 Å². The maximum atomic E-state index is 11.9. The zero-order chi connectivity index (χ0) is 13.7. The maximum Gasteiger partial charge on any atom is 0.321 e. The molecule has 1 aromatic heterocycles. The summed E-state index contributed by atoms with van der Waals surface area (Å²) in [6.45, 7) is 0. The fourth-order valence-corrected chi connectivity index (χ4v) is 2.78. The summed E-state index contributed by atoms with van der Waals surface area (Å²) in [5.74, 6) is -0.903. The van der Waals surface area contributed by atoms with E-state index in [1.807, 2.05) is 0 Å². The number of carbonyl (C=O) groups excluding carboxylic acids is 1. The van der Waals surface area contributed by atoms with Gasteiger partial charge in [0.05, 0.1) is 12.0 Å². The molecule has 0 aliphatic heterocycles. The molecule has 0 aromatic carbocycles. The normalized spacial score (nSPS) is 17.7. The summed E-state index contributed by atoms with van der Waals surface area (Å²) in [7, 11) is 0. The lowest BCUT2D eigenvalue weighted by atomic mass is 9.79. The first-order chi connectivity index (χ1) is 9.10. The van der Waals surface area contributed by atoms with Gasteiger partial charge in [-0.05, 0) is 18.1 Å². The Balaban J connectivity index is 1.98. The number of amides is 2. The van der Waals surface area contributed by atoms with E-state index in [0.717, 1.165) is 30.8 Å². The number of nitrogens with zero attached hydrogens (tertiary/aromatic N) is 3. The van der Waals surface area contributed by atoms with Gasteiger partial charge in [0.2, 0.25) is 5.13 Å². The summed E-state index contributed by atoms with van der Waals surface area (Å²) in [4.78, 5) is 22.8. The van der Waals surface area contributed by atoms with Gasteiger partial charge in [-0.15, -0.1) is 0 Å². The van der Waals surface area contributed by atoms with Crippen molar-refractivity contribution in [3.8, 4) is 0 Å². The van der Waals surface area contributed by atoms with Crippen LogP contribution in [0.5, 0.6) is 0 Å². The number of urea groups is 1. The Morgan fingerprint density at radius 2 is 2.05 bits per heavy atom. The van der Waals surface area contributed by atoms with Crippen molar-refractivity contribution in [2.45, 2.75) is 44.1 Å². The highest BCUT2D eigenvalue weighted by Gasteiger charge is 2.36. The molecular weight excluding hydrogens is 270 g/mol. The van der Waals surface area contributed by atoms with Crippen LogP contribution in [0.4, 0.5) is 9.93 Å². The quantitative estimate of drug-likeness (QED) is 0.766. The first kappa shape index (κ1) is 13.7. The molecule has 0 bridgehead atoms. The van der Waals surface area contributed by atoms with Crippen molar-refractivity contribution < 1.29 is 14.7 Å². The van der Waals surface area contributed by atoms with E-state index >= 15 is 0 Å². The van der Waals surface area contributed by atoms with Gasteiger partial charge in [0.25, 0.3) is 0 Å². The van der Waals surface area contributed by atoms with Crippen molar-refractivity contribution in [2.75, 3.05) is 5.32 Å². The third kappa shape index (κ3) is 3.85. The van der Waals surface area contributed by atoms with Gasteiger partial charge in [0.1, 0.15) is 0 Å². The average Bonchev–Trinajstić information content (AvgIpc) is 2.81. The van der Waals surface area contributed by atoms with E-state index in [-0.39, 0.29) is 6.42 Å². The molecule has 9 heteroatoms. The van der Waals surface area contributed by atoms with Crippen molar-refractivity contribution >= 4 is 28.7 Å². The monoisotopic (exact) mass is 285 g/mol. The number of rotatable bonds is 4. The highest BCUT2D eigenvalue weighted by Crippen LogP contribution is 2.31. The van der Waals surface area contributed by atoms with E-state index < -0.39 is 17.5 Å². The predicted octanol–water partition coefficient (Wildman–Crippen LogP) is 1.23. The molecule has 8 nitrogen and oxygen atoms in total. The number of aromatic nitrogens is 3. The Bertz CT molecular complexity index is 444. The van der Waals surface area contributed by atoms with Crippen LogP contribution < -0.4 is 10.6 Å². The fraction of sp³-hybridized carbons (Fsp3) is 0.700. The molecule has 0 radical (unpaired) electrons. The van der Waals surface area contributed by atoms with Crippen LogP contribution in [0.15, 0.2) is 0 Å². The molecule has 1 aromatic rings. The second-order valence-corrected chi connectivity index (χ2v) is 5.39. The Morgan fingerprint density at radius 1 is 1.32 bits per heavy atom. The summed E-state index contributed by atoms with van der Waals surface area (Å²) in [6.07, 6.45) is 4.23. The molecule has 1 heterocycles. The largest absolute Gasteiger partial charge is 0.481 e. The molecule has 3 N–H and O–H groups in total. The van der Waals surface area contributed by atoms with Crippen LogP contribution in [0.2, 0.25) is 0 Å². The van der Waals surface area contributed by atoms with Gasteiger partial charge < -0.3 is 10.4 Å². The number of carbonyl (C=O) groups is 2. The summed E-state index contributed by atoms with van der Waals surface area (Å²) in [5.41, 5.74) is -0.660. The summed E-state index contributed by atoms with van der Waals surface area (Å²) in [6, 6.07) is -0.457. The third-order valence-corrected chi connectivity index (χ3v) is 3.71. The first-order valence-corrected chi connectivity index (χ1v) is 6.83. The number of aliphatic carboxylic acids is 1. The van der Waals surface area contributed by atoms with E-state index in [2.05, 4.69) is 25.4 Å². The Hall–Kier alpha value is -1.77. The zero-order valence-electron chi connectivity index (χ0n) is 10.3. The standard InChI is InChI=1S/C10H15N5O3S/c16-7(17)6-10(4-2-1-3-5-10)12-8(18)11-9-13-14-15-19-9/h1-6H2,(H,16,17)(H2,11,12,13,15,18). The second-order valence-electron chi connectivity index (χ2n) is 4.66. The van der Waals surface area contributed by atoms with Crippen molar-refractivity contribution in [3.05, 3.63) is 0 Å². The van der Waals surface area contributed by atoms with Gasteiger partial charge in [-0.2, -0.15) is 0 Å². The van der Waals surface area contributed by atoms with Crippen LogP contribution in [-0.2, 0) is 4.79 Å². The molecule has 0 saturated heterocycles. The lowest BCUT2D eigenvalue weighted by Crippen LogP contribution is -2.52. The highest BCUT2D eigenvalue weighted by molar-refractivity contribution is 7.09. The topological polar surface area (TPSA) is 117 Å². The highest BCUT2D eigenvalue weighted by atomic mass is 32.1. The Labute approximate surface area is 113 Å². The molecule has 0 atom stereocenters. The number of carboxylic acids is 1. The van der Waals surface area contributed by atoms with Crippen LogP contribution >= 0.6 is 11.5 Å². The van der Waals surface area contributed by atoms with Crippen LogP contribution in [0.25, 0.3) is 0 Å². The summed E-state index contributed by atoms with van der Waals surface area (Å²) < 4.78 is 3.53. The van der Waals surface area contributed by atoms with E-state index in [9.17, 15) is 9.59 Å². The first-order valence-electron chi connectivity index (χ1n) is 6.06. The molecule has 104 valence electrons. The number of hydrogen-bond acceptors (Lipinski definition) is 6. The summed E-state index contributed by atoms with van der Waals surface area (Å²) >= 11 is 0.966. The molecule has 0 unspecified atom stereocenters. The fourth-order valence-electron chi connectivity index (χ4n) is 2.42. The van der Waals surface area contributed by atoms with Gasteiger partial charge in [0.15, 0.2) is 0 Å². The van der Waals surface area contributed by atoms with Gasteiger partial charge in [-0.3, -0.25) is 10.1 Å². The molecule has 1 aliphatic carbocycles. The second kappa shape index (κ2) is 5.91. The van der Waals surface area contributed by atoms with Crippen LogP contribution in [0.1, 0.15) is 38.5 Å². The van der Waals surface area contributed by atoms with Crippen molar-refractivity contribution in [3.63, 3.8) is 0 Å². The molecule has 1 fully saturated rings. The Kier molecular flexibility index (Phi) is 4.25. The van der Waals surface area contributed by atoms with Crippen LogP contribution in [0.3, 0.4) is 0 Å². The van der Waals surface area contributed by atoms with E-state index in [1.54, 1.807) is 0 Å². The van der Waals surface area contributed by atoms with Crippen molar-refractivity contribution in [1.29, 1.82) is 0 Å². The minimum atomic E-state index is -0.903. The van der Waals surface area contributed by atoms with E-state index in [1.165, 1.54) is 0 Å². The smallest absolute Gasteiger partial charge is 0.321 e. The number of anilines is 1. The number of hydrogen-bond donors (Lipinski definition) is 3. The lowest BCUT2D eigenvalue weighted by Gasteiger charge is -2.36. The number of nitrogens with one attached hydrogen (secondary N) is 2. The van der Waals surface area contributed by atoms with Crippen molar-refractivity contribution in [2.24, 2.45) is 0 Å². The van der Waals surface area contributed by atoms with Gasteiger partial charge in [0, 0.05) is 11.5 Å². The van der Waals surface area contributed by atoms with Crippen LogP contribution in [-0.4, -0.2) is 37.4 Å². The maximum absolute atomic E-state index is 11.9. The molecule has 19 heavy (non-hydrogen) atoms. The number of carboxylic acid groups (broad SMARTS) is 1. The lowest BCUT2D eigenvalue weighted by molar-refractivity contribution is -0.138. The van der Waals surface area contributed by atoms with E-state index in [4.69, 9.17) is 5.11 Å². The van der Waals surface area contributed by atoms with Gasteiger partial charge in [-0.25, -0.2) is 4.79 Å². The van der Waals surface area contributed by atoms with Gasteiger partial charge in [-0.1, -0.05) is 28.8 Å². The molecule has 1 saturated carbocycles. The Morgan fingerprint density at radius 3 is 2.63 bits per heavy atom. The molecule has 2 amide bonds. The minimum absolute atomic E-state index is 0.0607. The minimum Gasteiger partial charge on any atom is -0.481 e. The van der Waals surface area contributed by atoms with Crippen LogP contribution in [0, 0.1) is 0 Å².